The van der Waals surface area contributed by atoms with Gasteiger partial charge in [0.1, 0.15) is 0 Å². The summed E-state index contributed by atoms with van der Waals surface area (Å²) in [6, 6.07) is 6.11. The lowest BCUT2D eigenvalue weighted by Gasteiger charge is -2.41. The van der Waals surface area contributed by atoms with Gasteiger partial charge in [-0.2, -0.15) is 18.4 Å². The Morgan fingerprint density at radius 3 is 2.79 bits per heavy atom. The third kappa shape index (κ3) is 4.27. The molecule has 6 rings (SSSR count). The van der Waals surface area contributed by atoms with Gasteiger partial charge in [0.2, 0.25) is 5.91 Å². The maximum Gasteiger partial charge on any atom is 0.417 e. The van der Waals surface area contributed by atoms with E-state index in [1.807, 2.05) is 9.80 Å². The van der Waals surface area contributed by atoms with Gasteiger partial charge in [-0.3, -0.25) is 4.79 Å². The first-order valence-electron chi connectivity index (χ1n) is 13.8. The summed E-state index contributed by atoms with van der Waals surface area (Å²) in [5.41, 5.74) is -1.12. The molecule has 0 aromatic heterocycles. The molecule has 2 aliphatic carbocycles. The first kappa shape index (κ1) is 25.9. The van der Waals surface area contributed by atoms with Crippen LogP contribution in [-0.4, -0.2) is 74.5 Å². The Balaban J connectivity index is 1.15. The first-order valence-corrected chi connectivity index (χ1v) is 13.8. The fourth-order valence-electron chi connectivity index (χ4n) is 8.12. The van der Waals surface area contributed by atoms with E-state index in [0.29, 0.717) is 31.3 Å². The number of likely N-dealkylation sites (tertiary alicyclic amines) is 1. The molecule has 0 unspecified atom stereocenters. The van der Waals surface area contributed by atoms with E-state index in [0.717, 1.165) is 57.6 Å². The molecule has 206 valence electrons. The Morgan fingerprint density at radius 1 is 1.24 bits per heavy atom. The fraction of sp³-hybridized carbons (Fsp3) is 0.714. The third-order valence-corrected chi connectivity index (χ3v) is 9.88. The molecule has 2 bridgehead atoms. The van der Waals surface area contributed by atoms with Crippen molar-refractivity contribution in [3.63, 3.8) is 0 Å². The van der Waals surface area contributed by atoms with Crippen molar-refractivity contribution in [3.05, 3.63) is 29.3 Å². The molecule has 1 N–H and O–H groups in total. The molecule has 38 heavy (non-hydrogen) atoms. The van der Waals surface area contributed by atoms with E-state index in [1.54, 1.807) is 19.2 Å². The van der Waals surface area contributed by atoms with E-state index in [-0.39, 0.29) is 47.2 Å². The summed E-state index contributed by atoms with van der Waals surface area (Å²) in [5, 5.41) is 12.9. The molecule has 10 heteroatoms. The van der Waals surface area contributed by atoms with Crippen molar-refractivity contribution >= 4 is 11.6 Å². The highest BCUT2D eigenvalue weighted by atomic mass is 19.4. The summed E-state index contributed by atoms with van der Waals surface area (Å²) < 4.78 is 51.8. The Kier molecular flexibility index (Phi) is 6.60. The predicted octanol–water partition coefficient (Wildman–Crippen LogP) is 3.71. The molecule has 3 heterocycles. The predicted molar refractivity (Wildman–Crippen MR) is 133 cm³/mol. The number of benzene rings is 1. The van der Waals surface area contributed by atoms with Crippen molar-refractivity contribution in [2.45, 2.75) is 81.4 Å². The topological polar surface area (TPSA) is 77.8 Å². The lowest BCUT2D eigenvalue weighted by Crippen LogP contribution is -2.54. The molecule has 5 fully saturated rings. The molecular formula is C28H35F3N4O3. The first-order chi connectivity index (χ1) is 18.2. The van der Waals surface area contributed by atoms with Crippen LogP contribution in [0.3, 0.4) is 0 Å². The van der Waals surface area contributed by atoms with Crippen LogP contribution in [0.2, 0.25) is 0 Å². The highest BCUT2D eigenvalue weighted by molar-refractivity contribution is 5.85. The zero-order chi connectivity index (χ0) is 26.7. The number of nitrogens with zero attached hydrogens (tertiary/aromatic N) is 3. The Labute approximate surface area is 221 Å². The summed E-state index contributed by atoms with van der Waals surface area (Å²) >= 11 is 0. The monoisotopic (exact) mass is 532 g/mol. The van der Waals surface area contributed by atoms with E-state index in [1.165, 1.54) is 6.07 Å². The maximum absolute atomic E-state index is 14.2. The van der Waals surface area contributed by atoms with Crippen LogP contribution in [0.1, 0.15) is 56.1 Å². The van der Waals surface area contributed by atoms with Gasteiger partial charge in [0.25, 0.3) is 0 Å². The number of halogens is 3. The summed E-state index contributed by atoms with van der Waals surface area (Å²) in [6.45, 7) is 2.38. The molecule has 7 nitrogen and oxygen atoms in total. The van der Waals surface area contributed by atoms with E-state index in [9.17, 15) is 18.0 Å². The van der Waals surface area contributed by atoms with Gasteiger partial charge in [0.05, 0.1) is 41.4 Å². The Morgan fingerprint density at radius 2 is 2.08 bits per heavy atom. The number of alkyl halides is 3. The number of fused-ring (bicyclic) bond motifs is 3. The largest absolute Gasteiger partial charge is 0.417 e. The van der Waals surface area contributed by atoms with Crippen molar-refractivity contribution in [2.24, 2.45) is 11.3 Å². The van der Waals surface area contributed by atoms with Crippen molar-refractivity contribution < 1.29 is 27.4 Å². The van der Waals surface area contributed by atoms with E-state index in [4.69, 9.17) is 14.7 Å². The molecule has 1 aromatic carbocycles. The second-order valence-electron chi connectivity index (χ2n) is 11.8. The van der Waals surface area contributed by atoms with Crippen molar-refractivity contribution in [1.29, 1.82) is 5.26 Å². The minimum absolute atomic E-state index is 0.00533. The minimum atomic E-state index is -4.58. The highest BCUT2D eigenvalue weighted by Crippen LogP contribution is 2.56. The Bertz CT molecular complexity index is 1120. The average Bonchev–Trinajstić information content (AvgIpc) is 3.67. The van der Waals surface area contributed by atoms with Crippen LogP contribution in [0, 0.1) is 22.7 Å². The van der Waals surface area contributed by atoms with Gasteiger partial charge >= 0.3 is 6.18 Å². The van der Waals surface area contributed by atoms with E-state index in [2.05, 4.69) is 5.32 Å². The standard InChI is InChI=1S/C28H35F3N4O3/c1-37-25-16-38-8-6-24(25)33-19-9-18-3-2-7-27(18,12-19)26(36)35-15-21-10-22(35)14-34(21)20-5-4-17(13-32)23(11-20)28(29,30)31/h4-5,11,18-19,21-22,24-25,33H,2-3,6-10,12,14-16H2,1H3/t18-,19-,21-,22+,24+,25-,27-/m1/s1. The molecule has 3 saturated heterocycles. The number of nitrogens with one attached hydrogen (secondary N) is 1. The maximum atomic E-state index is 14.2. The molecule has 5 aliphatic rings. The van der Waals surface area contributed by atoms with Gasteiger partial charge in [-0.15, -0.1) is 0 Å². The van der Waals surface area contributed by atoms with Gasteiger partial charge in [-0.1, -0.05) is 6.42 Å². The summed E-state index contributed by atoms with van der Waals surface area (Å²) in [4.78, 5) is 18.2. The lowest BCUT2D eigenvalue weighted by atomic mass is 9.78. The summed E-state index contributed by atoms with van der Waals surface area (Å²) in [6.07, 6.45) is 2.01. The number of rotatable bonds is 5. The number of piperazine rings is 1. The van der Waals surface area contributed by atoms with Gasteiger partial charge < -0.3 is 24.6 Å². The smallest absolute Gasteiger partial charge is 0.379 e. The normalized spacial score (nSPS) is 36.5. The number of ether oxygens (including phenoxy) is 2. The average molecular weight is 533 g/mol. The lowest BCUT2D eigenvalue weighted by molar-refractivity contribution is -0.144. The molecule has 0 radical (unpaired) electrons. The molecular weight excluding hydrogens is 497 g/mol. The van der Waals surface area contributed by atoms with Gasteiger partial charge in [0.15, 0.2) is 0 Å². The van der Waals surface area contributed by atoms with Gasteiger partial charge in [0, 0.05) is 50.6 Å². The highest BCUT2D eigenvalue weighted by Gasteiger charge is 2.59. The number of carbonyl (C=O) groups excluding carboxylic acids is 1. The second kappa shape index (κ2) is 9.68. The quantitative estimate of drug-likeness (QED) is 0.623. The third-order valence-electron chi connectivity index (χ3n) is 9.88. The van der Waals surface area contributed by atoms with Crippen LogP contribution < -0.4 is 10.2 Å². The number of methoxy groups -OCH3 is 1. The summed E-state index contributed by atoms with van der Waals surface area (Å²) in [5.74, 6) is 0.624. The van der Waals surface area contributed by atoms with Gasteiger partial charge in [-0.05, 0) is 62.6 Å². The van der Waals surface area contributed by atoms with Crippen molar-refractivity contribution in [3.8, 4) is 6.07 Å². The molecule has 3 aliphatic heterocycles. The number of anilines is 1. The second-order valence-corrected chi connectivity index (χ2v) is 11.8. The van der Waals surface area contributed by atoms with Crippen LogP contribution in [0.15, 0.2) is 18.2 Å². The molecule has 1 aromatic rings. The number of amides is 1. The van der Waals surface area contributed by atoms with Crippen LogP contribution in [-0.2, 0) is 20.4 Å². The molecule has 1 amide bonds. The van der Waals surface area contributed by atoms with Gasteiger partial charge in [-0.25, -0.2) is 0 Å². The van der Waals surface area contributed by atoms with Crippen LogP contribution in [0.25, 0.3) is 0 Å². The van der Waals surface area contributed by atoms with Crippen molar-refractivity contribution in [1.82, 2.24) is 10.2 Å². The number of hydrogen-bond acceptors (Lipinski definition) is 6. The Hall–Kier alpha value is -2.35. The molecule has 2 saturated carbocycles. The zero-order valence-electron chi connectivity index (χ0n) is 21.7. The van der Waals surface area contributed by atoms with E-state index < -0.39 is 11.7 Å². The van der Waals surface area contributed by atoms with Crippen molar-refractivity contribution in [2.75, 3.05) is 38.3 Å². The van der Waals surface area contributed by atoms with Crippen LogP contribution in [0.5, 0.6) is 0 Å². The minimum Gasteiger partial charge on any atom is -0.379 e. The summed E-state index contributed by atoms with van der Waals surface area (Å²) in [7, 11) is 1.72. The molecule has 0 spiro atoms. The number of carbonyl (C=O) groups is 1. The van der Waals surface area contributed by atoms with Crippen LogP contribution >= 0.6 is 0 Å². The fourth-order valence-corrected chi connectivity index (χ4v) is 8.12. The number of nitriles is 1. The molecule has 7 atom stereocenters. The SMILES string of the molecule is CO[C@@H]1COCC[C@@H]1N[C@@H]1C[C@H]2CCC[C@@]2(C(=O)N2C[C@H]3C[C@H]2CN3c2ccc(C#N)c(C(F)(F)F)c2)C1. The zero-order valence-corrected chi connectivity index (χ0v) is 21.7. The van der Waals surface area contributed by atoms with Crippen LogP contribution in [0.4, 0.5) is 18.9 Å². The number of hydrogen-bond donors (Lipinski definition) is 1. The van der Waals surface area contributed by atoms with E-state index >= 15 is 0 Å².